The van der Waals surface area contributed by atoms with E-state index in [1.807, 2.05) is 0 Å². The number of amides is 1. The minimum atomic E-state index is -4.14. The molecule has 1 amide bonds. The summed E-state index contributed by atoms with van der Waals surface area (Å²) in [6.45, 7) is 0.502. The van der Waals surface area contributed by atoms with E-state index in [4.69, 9.17) is 9.29 Å². The first-order valence-corrected chi connectivity index (χ1v) is 6.90. The minimum absolute atomic E-state index is 0.125. The molecule has 1 aromatic carbocycles. The third kappa shape index (κ3) is 3.21. The van der Waals surface area contributed by atoms with E-state index in [2.05, 4.69) is 5.32 Å². The Balaban J connectivity index is 1.93. The maximum Gasteiger partial charge on any atom is 0.407 e. The SMILES string of the molecule is O=C1NC[C@@H](CCc2ccc(S(=O)(=O)O)cc2)O1. The lowest BCUT2D eigenvalue weighted by molar-refractivity contribution is 0.136. The van der Waals surface area contributed by atoms with Crippen LogP contribution < -0.4 is 5.32 Å². The number of alkyl carbamates (subject to hydrolysis) is 1. The molecule has 1 fully saturated rings. The predicted octanol–water partition coefficient (Wildman–Crippen LogP) is 0.974. The maximum atomic E-state index is 10.8. The summed E-state index contributed by atoms with van der Waals surface area (Å²) in [6, 6.07) is 5.97. The van der Waals surface area contributed by atoms with Crippen LogP contribution in [0.5, 0.6) is 0 Å². The summed E-state index contributed by atoms with van der Waals surface area (Å²) in [5, 5.41) is 2.56. The van der Waals surface area contributed by atoms with Crippen LogP contribution in [0.3, 0.4) is 0 Å². The molecule has 0 aromatic heterocycles. The summed E-state index contributed by atoms with van der Waals surface area (Å²) >= 11 is 0. The van der Waals surface area contributed by atoms with Crippen molar-refractivity contribution in [1.29, 1.82) is 0 Å². The highest BCUT2D eigenvalue weighted by molar-refractivity contribution is 7.85. The molecule has 0 unspecified atom stereocenters. The molecule has 7 heteroatoms. The molecule has 1 aliphatic heterocycles. The normalized spacial score (nSPS) is 19.4. The topological polar surface area (TPSA) is 92.7 Å². The van der Waals surface area contributed by atoms with E-state index in [1.165, 1.54) is 12.1 Å². The van der Waals surface area contributed by atoms with E-state index in [-0.39, 0.29) is 11.0 Å². The molecule has 0 bridgehead atoms. The highest BCUT2D eigenvalue weighted by Gasteiger charge is 2.21. The second-order valence-electron chi connectivity index (χ2n) is 4.07. The average molecular weight is 271 g/mol. The molecule has 0 saturated carbocycles. The Morgan fingerprint density at radius 3 is 2.50 bits per heavy atom. The third-order valence-electron chi connectivity index (χ3n) is 2.72. The fourth-order valence-corrected chi connectivity index (χ4v) is 2.23. The van der Waals surface area contributed by atoms with Gasteiger partial charge >= 0.3 is 6.09 Å². The Morgan fingerprint density at radius 2 is 2.00 bits per heavy atom. The maximum absolute atomic E-state index is 10.8. The first-order valence-electron chi connectivity index (χ1n) is 5.46. The fraction of sp³-hybridized carbons (Fsp3) is 0.364. The number of carbonyl (C=O) groups excluding carboxylic acids is 1. The smallest absolute Gasteiger partial charge is 0.407 e. The zero-order chi connectivity index (χ0) is 13.2. The lowest BCUT2D eigenvalue weighted by Gasteiger charge is -2.07. The van der Waals surface area contributed by atoms with Gasteiger partial charge in [0.2, 0.25) is 0 Å². The Labute approximate surface area is 105 Å². The molecular weight excluding hydrogens is 258 g/mol. The zero-order valence-corrected chi connectivity index (χ0v) is 10.3. The number of aryl methyl sites for hydroxylation is 1. The van der Waals surface area contributed by atoms with E-state index in [1.54, 1.807) is 12.1 Å². The minimum Gasteiger partial charge on any atom is -0.444 e. The molecule has 18 heavy (non-hydrogen) atoms. The third-order valence-corrected chi connectivity index (χ3v) is 3.59. The zero-order valence-electron chi connectivity index (χ0n) is 9.50. The summed E-state index contributed by atoms with van der Waals surface area (Å²) in [5.74, 6) is 0. The van der Waals surface area contributed by atoms with Crippen molar-refractivity contribution in [2.24, 2.45) is 0 Å². The predicted molar refractivity (Wildman–Crippen MR) is 62.8 cm³/mol. The van der Waals surface area contributed by atoms with E-state index >= 15 is 0 Å². The number of carbonyl (C=O) groups is 1. The number of rotatable bonds is 4. The van der Waals surface area contributed by atoms with Crippen LogP contribution in [0.25, 0.3) is 0 Å². The molecule has 1 aliphatic rings. The molecule has 1 atom stereocenters. The van der Waals surface area contributed by atoms with Gasteiger partial charge in [0.05, 0.1) is 11.4 Å². The molecular formula is C11H13NO5S. The first-order chi connectivity index (χ1) is 8.45. The lowest BCUT2D eigenvalue weighted by Crippen LogP contribution is -2.15. The molecule has 1 aromatic rings. The van der Waals surface area contributed by atoms with Crippen molar-refractivity contribution in [3.8, 4) is 0 Å². The van der Waals surface area contributed by atoms with Crippen LogP contribution in [0, 0.1) is 0 Å². The Bertz CT molecular complexity index is 537. The van der Waals surface area contributed by atoms with Gasteiger partial charge in [0, 0.05) is 0 Å². The van der Waals surface area contributed by atoms with Gasteiger partial charge < -0.3 is 10.1 Å². The molecule has 1 saturated heterocycles. The summed E-state index contributed by atoms with van der Waals surface area (Å²) in [7, 11) is -4.14. The van der Waals surface area contributed by atoms with Gasteiger partial charge in [-0.2, -0.15) is 8.42 Å². The van der Waals surface area contributed by atoms with Gasteiger partial charge in [-0.15, -0.1) is 0 Å². The van der Waals surface area contributed by atoms with Gasteiger partial charge in [-0.3, -0.25) is 4.55 Å². The van der Waals surface area contributed by atoms with Crippen molar-refractivity contribution in [2.75, 3.05) is 6.54 Å². The van der Waals surface area contributed by atoms with Gasteiger partial charge in [-0.1, -0.05) is 12.1 Å². The van der Waals surface area contributed by atoms with Crippen LogP contribution >= 0.6 is 0 Å². The second kappa shape index (κ2) is 4.95. The van der Waals surface area contributed by atoms with Crippen molar-refractivity contribution >= 4 is 16.2 Å². The van der Waals surface area contributed by atoms with Crippen LogP contribution in [0.4, 0.5) is 4.79 Å². The molecule has 0 aliphatic carbocycles. The molecule has 6 nitrogen and oxygen atoms in total. The summed E-state index contributed by atoms with van der Waals surface area (Å²) < 4.78 is 35.5. The van der Waals surface area contributed by atoms with Crippen molar-refractivity contribution in [3.63, 3.8) is 0 Å². The first kappa shape index (κ1) is 12.8. The summed E-state index contributed by atoms with van der Waals surface area (Å²) in [4.78, 5) is 10.7. The van der Waals surface area contributed by atoms with E-state index in [0.29, 0.717) is 19.4 Å². The monoisotopic (exact) mass is 271 g/mol. The van der Waals surface area contributed by atoms with Crippen LogP contribution in [-0.2, 0) is 21.3 Å². The number of hydrogen-bond donors (Lipinski definition) is 2. The molecule has 0 spiro atoms. The molecule has 1 heterocycles. The van der Waals surface area contributed by atoms with Crippen LogP contribution in [0.1, 0.15) is 12.0 Å². The van der Waals surface area contributed by atoms with Gasteiger partial charge in [-0.05, 0) is 30.5 Å². The van der Waals surface area contributed by atoms with Crippen LogP contribution in [-0.4, -0.2) is 31.7 Å². The molecule has 0 radical (unpaired) electrons. The standard InChI is InChI=1S/C11H13NO5S/c13-11-12-7-9(17-11)4-1-8-2-5-10(6-3-8)18(14,15)16/h2-3,5-6,9H,1,4,7H2,(H,12,13)(H,14,15,16)/t9-/m1/s1. The molecule has 2 N–H and O–H groups in total. The van der Waals surface area contributed by atoms with Gasteiger partial charge in [0.15, 0.2) is 0 Å². The number of benzene rings is 1. The average Bonchev–Trinajstić information content (AvgIpc) is 2.72. The van der Waals surface area contributed by atoms with Crippen LogP contribution in [0.2, 0.25) is 0 Å². The van der Waals surface area contributed by atoms with Crippen molar-refractivity contribution < 1.29 is 22.5 Å². The van der Waals surface area contributed by atoms with E-state index < -0.39 is 16.2 Å². The molecule has 2 rings (SSSR count). The van der Waals surface area contributed by atoms with Crippen molar-refractivity contribution in [2.45, 2.75) is 23.8 Å². The number of nitrogens with one attached hydrogen (secondary N) is 1. The Morgan fingerprint density at radius 1 is 1.33 bits per heavy atom. The lowest BCUT2D eigenvalue weighted by atomic mass is 10.1. The van der Waals surface area contributed by atoms with Crippen molar-refractivity contribution in [3.05, 3.63) is 29.8 Å². The largest absolute Gasteiger partial charge is 0.444 e. The van der Waals surface area contributed by atoms with Crippen LogP contribution in [0.15, 0.2) is 29.2 Å². The van der Waals surface area contributed by atoms with E-state index in [9.17, 15) is 13.2 Å². The van der Waals surface area contributed by atoms with Gasteiger partial charge in [0.1, 0.15) is 6.10 Å². The Kier molecular flexibility index (Phi) is 3.53. The van der Waals surface area contributed by atoms with E-state index in [0.717, 1.165) is 5.56 Å². The van der Waals surface area contributed by atoms with Crippen molar-refractivity contribution in [1.82, 2.24) is 5.32 Å². The quantitative estimate of drug-likeness (QED) is 0.796. The fourth-order valence-electron chi connectivity index (χ4n) is 1.75. The molecule has 98 valence electrons. The number of ether oxygens (including phenoxy) is 1. The highest BCUT2D eigenvalue weighted by Crippen LogP contribution is 2.14. The summed E-state index contributed by atoms with van der Waals surface area (Å²) in [5.41, 5.74) is 0.922. The highest BCUT2D eigenvalue weighted by atomic mass is 32.2. The number of cyclic esters (lactones) is 1. The van der Waals surface area contributed by atoms with Gasteiger partial charge in [-0.25, -0.2) is 4.79 Å². The second-order valence-corrected chi connectivity index (χ2v) is 5.49. The Hall–Kier alpha value is -1.60. The van der Waals surface area contributed by atoms with Gasteiger partial charge in [0.25, 0.3) is 10.1 Å². The summed E-state index contributed by atoms with van der Waals surface area (Å²) in [6.07, 6.45) is 0.801. The number of hydrogen-bond acceptors (Lipinski definition) is 4.